The van der Waals surface area contributed by atoms with Crippen molar-refractivity contribution < 1.29 is 14.1 Å². The number of rotatable bonds is 7. The number of halogens is 2. The summed E-state index contributed by atoms with van der Waals surface area (Å²) in [6.45, 7) is 1.52. The molecule has 0 saturated carbocycles. The van der Waals surface area contributed by atoms with Crippen molar-refractivity contribution in [2.45, 2.75) is 25.3 Å². The lowest BCUT2D eigenvalue weighted by Gasteiger charge is -2.18. The van der Waals surface area contributed by atoms with E-state index in [1.165, 1.54) is 0 Å². The molecule has 1 aromatic heterocycles. The van der Waals surface area contributed by atoms with Gasteiger partial charge in [0, 0.05) is 34.6 Å². The summed E-state index contributed by atoms with van der Waals surface area (Å²) >= 11 is 8.51. The number of H-pyrrole nitrogens is 1. The van der Waals surface area contributed by atoms with Gasteiger partial charge in [0.15, 0.2) is 0 Å². The highest BCUT2D eigenvalue weighted by molar-refractivity contribution is 9.10. The quantitative estimate of drug-likeness (QED) is 0.424. The van der Waals surface area contributed by atoms with E-state index in [1.54, 1.807) is 36.6 Å². The topological polar surface area (TPSA) is 101 Å². The molecule has 0 spiro atoms. The third kappa shape index (κ3) is 5.71. The molecule has 2 heterocycles. The number of nitrogens with zero attached hydrogens (tertiary/aromatic N) is 2. The molecule has 1 aliphatic rings. The molecule has 0 bridgehead atoms. The molecule has 2 aromatic carbocycles. The summed E-state index contributed by atoms with van der Waals surface area (Å²) in [4.78, 5) is 35.4. The van der Waals surface area contributed by atoms with Gasteiger partial charge in [0.25, 0.3) is 11.8 Å². The third-order valence-corrected chi connectivity index (χ3v) is 7.35. The van der Waals surface area contributed by atoms with E-state index in [2.05, 4.69) is 31.2 Å². The van der Waals surface area contributed by atoms with E-state index in [0.29, 0.717) is 44.1 Å². The molecule has 1 unspecified atom stereocenters. The summed E-state index contributed by atoms with van der Waals surface area (Å²) in [7, 11) is 0. The molecule has 2 amide bonds. The zero-order valence-corrected chi connectivity index (χ0v) is 21.2. The fraction of sp³-hybridized carbons (Fsp3) is 0.348. The van der Waals surface area contributed by atoms with E-state index >= 15 is 0 Å². The van der Waals surface area contributed by atoms with Crippen molar-refractivity contribution in [3.05, 3.63) is 62.8 Å². The SMILES string of the molecule is C[S+]([O-])CC[C@H](NC(=O)c1ccc(C(=O)N2CCCC2)c(Br)c1)c1nc2cc(Cl)ccc2[nH]1. The number of imidazole rings is 1. The van der Waals surface area contributed by atoms with Gasteiger partial charge in [0.05, 0.1) is 28.9 Å². The Morgan fingerprint density at radius 2 is 2.03 bits per heavy atom. The van der Waals surface area contributed by atoms with Gasteiger partial charge in [-0.15, -0.1) is 0 Å². The Labute approximate surface area is 208 Å². The summed E-state index contributed by atoms with van der Waals surface area (Å²) in [6, 6.07) is 9.88. The maximum atomic E-state index is 13.1. The Morgan fingerprint density at radius 1 is 1.27 bits per heavy atom. The second-order valence-electron chi connectivity index (χ2n) is 8.07. The highest BCUT2D eigenvalue weighted by atomic mass is 79.9. The number of aromatic nitrogens is 2. The Kier molecular flexibility index (Phi) is 7.63. The Hall–Kier alpha value is -2.07. The summed E-state index contributed by atoms with van der Waals surface area (Å²) in [6.07, 6.45) is 4.11. The van der Waals surface area contributed by atoms with Crippen molar-refractivity contribution in [2.24, 2.45) is 0 Å². The Bertz CT molecular complexity index is 1180. The van der Waals surface area contributed by atoms with E-state index in [9.17, 15) is 14.1 Å². The minimum absolute atomic E-state index is 0.0319. The van der Waals surface area contributed by atoms with Crippen LogP contribution in [0.3, 0.4) is 0 Å². The number of carbonyl (C=O) groups is 2. The number of fused-ring (bicyclic) bond motifs is 1. The first-order valence-corrected chi connectivity index (χ1v) is 13.6. The predicted molar refractivity (Wildman–Crippen MR) is 134 cm³/mol. The second-order valence-corrected chi connectivity index (χ2v) is 10.9. The number of carbonyl (C=O) groups excluding carboxylic acids is 2. The zero-order chi connectivity index (χ0) is 23.5. The number of hydrogen-bond donors (Lipinski definition) is 2. The van der Waals surface area contributed by atoms with Crippen LogP contribution >= 0.6 is 27.5 Å². The molecule has 174 valence electrons. The van der Waals surface area contributed by atoms with Gasteiger partial charge in [-0.1, -0.05) is 22.8 Å². The monoisotopic (exact) mass is 550 g/mol. The van der Waals surface area contributed by atoms with Gasteiger partial charge in [-0.25, -0.2) is 4.98 Å². The van der Waals surface area contributed by atoms with Crippen LogP contribution in [0.2, 0.25) is 5.02 Å². The van der Waals surface area contributed by atoms with E-state index in [4.69, 9.17) is 11.6 Å². The largest absolute Gasteiger partial charge is 0.617 e. The van der Waals surface area contributed by atoms with Crippen molar-refractivity contribution in [1.82, 2.24) is 20.2 Å². The molecule has 33 heavy (non-hydrogen) atoms. The fourth-order valence-electron chi connectivity index (χ4n) is 3.89. The van der Waals surface area contributed by atoms with Crippen molar-refractivity contribution in [3.63, 3.8) is 0 Å². The number of hydrogen-bond acceptors (Lipinski definition) is 4. The Morgan fingerprint density at radius 3 is 2.73 bits per heavy atom. The van der Waals surface area contributed by atoms with Crippen LogP contribution in [0.25, 0.3) is 11.0 Å². The predicted octanol–water partition coefficient (Wildman–Crippen LogP) is 4.45. The van der Waals surface area contributed by atoms with Crippen LogP contribution in [-0.2, 0) is 11.2 Å². The molecule has 2 atom stereocenters. The van der Waals surface area contributed by atoms with E-state index < -0.39 is 17.2 Å². The first-order chi connectivity index (χ1) is 15.8. The van der Waals surface area contributed by atoms with Gasteiger partial charge >= 0.3 is 0 Å². The van der Waals surface area contributed by atoms with Crippen LogP contribution in [0, 0.1) is 0 Å². The van der Waals surface area contributed by atoms with Gasteiger partial charge in [0.2, 0.25) is 0 Å². The van der Waals surface area contributed by atoms with E-state index in [0.717, 1.165) is 31.4 Å². The molecule has 7 nitrogen and oxygen atoms in total. The fourth-order valence-corrected chi connectivity index (χ4v) is 5.17. The normalized spacial score (nSPS) is 15.6. The van der Waals surface area contributed by atoms with Crippen molar-refractivity contribution in [1.29, 1.82) is 0 Å². The average Bonchev–Trinajstić information content (AvgIpc) is 3.45. The number of likely N-dealkylation sites (tertiary alicyclic amines) is 1. The van der Waals surface area contributed by atoms with Gasteiger partial charge in [0.1, 0.15) is 11.6 Å². The van der Waals surface area contributed by atoms with Crippen LogP contribution in [0.4, 0.5) is 0 Å². The first kappa shape index (κ1) is 24.1. The highest BCUT2D eigenvalue weighted by Crippen LogP contribution is 2.25. The maximum Gasteiger partial charge on any atom is 0.254 e. The average molecular weight is 552 g/mol. The standard InChI is InChI=1S/C23H24BrClN4O3S/c1-33(32)11-8-19(21-26-18-7-5-15(25)13-20(18)27-21)28-22(30)14-4-6-16(17(24)12-14)23(31)29-9-2-3-10-29/h4-7,12-13,19H,2-3,8-11H2,1H3,(H,26,27)(H,28,30)/t19-,33?/m0/s1. The van der Waals surface area contributed by atoms with Crippen molar-refractivity contribution >= 4 is 61.6 Å². The molecule has 10 heteroatoms. The molecule has 1 fully saturated rings. The summed E-state index contributed by atoms with van der Waals surface area (Å²) in [5, 5.41) is 3.57. The van der Waals surface area contributed by atoms with Crippen LogP contribution in [0.15, 0.2) is 40.9 Å². The minimum Gasteiger partial charge on any atom is -0.617 e. The van der Waals surface area contributed by atoms with Gasteiger partial charge in [-0.05, 0) is 65.2 Å². The Balaban J connectivity index is 1.54. The molecule has 0 aliphatic carbocycles. The van der Waals surface area contributed by atoms with Crippen molar-refractivity contribution in [3.8, 4) is 0 Å². The van der Waals surface area contributed by atoms with Crippen LogP contribution in [0.1, 0.15) is 51.8 Å². The highest BCUT2D eigenvalue weighted by Gasteiger charge is 2.24. The van der Waals surface area contributed by atoms with E-state index in [1.807, 2.05) is 11.0 Å². The third-order valence-electron chi connectivity index (χ3n) is 5.65. The molecule has 3 aromatic rings. The number of benzene rings is 2. The van der Waals surface area contributed by atoms with Crippen LogP contribution in [0.5, 0.6) is 0 Å². The number of aromatic amines is 1. The van der Waals surface area contributed by atoms with Crippen LogP contribution < -0.4 is 5.32 Å². The lowest BCUT2D eigenvalue weighted by Crippen LogP contribution is -2.31. The molecule has 1 saturated heterocycles. The maximum absolute atomic E-state index is 13.1. The molecular formula is C23H24BrClN4O3S. The minimum atomic E-state index is -1.02. The smallest absolute Gasteiger partial charge is 0.254 e. The summed E-state index contributed by atoms with van der Waals surface area (Å²) in [5.41, 5.74) is 2.46. The lowest BCUT2D eigenvalue weighted by molar-refractivity contribution is 0.0791. The van der Waals surface area contributed by atoms with Gasteiger partial charge in [-0.3, -0.25) is 9.59 Å². The molecular weight excluding hydrogens is 528 g/mol. The summed E-state index contributed by atoms with van der Waals surface area (Å²) in [5.74, 6) is 0.651. The molecule has 0 radical (unpaired) electrons. The zero-order valence-electron chi connectivity index (χ0n) is 18.1. The molecule has 4 rings (SSSR count). The second kappa shape index (κ2) is 10.5. The molecule has 1 aliphatic heterocycles. The van der Waals surface area contributed by atoms with Gasteiger partial charge < -0.3 is 19.8 Å². The number of amides is 2. The van der Waals surface area contributed by atoms with Gasteiger partial charge in [-0.2, -0.15) is 0 Å². The van der Waals surface area contributed by atoms with Crippen LogP contribution in [-0.4, -0.2) is 56.3 Å². The number of nitrogens with one attached hydrogen (secondary N) is 2. The molecule has 2 N–H and O–H groups in total. The van der Waals surface area contributed by atoms with Crippen molar-refractivity contribution in [2.75, 3.05) is 25.1 Å². The summed E-state index contributed by atoms with van der Waals surface area (Å²) < 4.78 is 12.3. The lowest BCUT2D eigenvalue weighted by atomic mass is 10.1. The van der Waals surface area contributed by atoms with E-state index in [-0.39, 0.29) is 11.8 Å². The first-order valence-electron chi connectivity index (χ1n) is 10.7.